The highest BCUT2D eigenvalue weighted by Gasteiger charge is 2.16. The van der Waals surface area contributed by atoms with E-state index in [2.05, 4.69) is 5.32 Å². The molecule has 2 heterocycles. The first kappa shape index (κ1) is 13.4. The third-order valence-electron chi connectivity index (χ3n) is 3.07. The van der Waals surface area contributed by atoms with Crippen LogP contribution in [0.1, 0.15) is 33.7 Å². The molecule has 0 radical (unpaired) electrons. The molecule has 2 aromatic heterocycles. The van der Waals surface area contributed by atoms with Crippen molar-refractivity contribution in [2.24, 2.45) is 7.05 Å². The molecular weight excluding hydrogens is 244 g/mol. The minimum atomic E-state index is -0.725. The zero-order valence-electron chi connectivity index (χ0n) is 11.3. The summed E-state index contributed by atoms with van der Waals surface area (Å²) in [4.78, 5) is 11.9. The van der Waals surface area contributed by atoms with Crippen LogP contribution in [-0.4, -0.2) is 22.1 Å². The summed E-state index contributed by atoms with van der Waals surface area (Å²) in [5, 5.41) is 12.7. The molecule has 5 heteroatoms. The molecule has 0 saturated heterocycles. The molecule has 2 N–H and O–H groups in total. The molecule has 2 rings (SSSR count). The van der Waals surface area contributed by atoms with Gasteiger partial charge in [0.15, 0.2) is 0 Å². The third kappa shape index (κ3) is 2.88. The predicted octanol–water partition coefficient (Wildman–Crippen LogP) is 1.70. The Hall–Kier alpha value is -2.01. The number of rotatable bonds is 4. The molecule has 5 nitrogen and oxygen atoms in total. The highest BCUT2D eigenvalue weighted by Crippen LogP contribution is 2.15. The first-order valence-corrected chi connectivity index (χ1v) is 6.13. The zero-order valence-corrected chi connectivity index (χ0v) is 11.3. The number of aromatic nitrogens is 1. The van der Waals surface area contributed by atoms with Gasteiger partial charge in [0.1, 0.15) is 17.6 Å². The Morgan fingerprint density at radius 3 is 2.79 bits per heavy atom. The topological polar surface area (TPSA) is 67.4 Å². The number of hydrogen-bond donors (Lipinski definition) is 2. The standard InChI is InChI=1S/C14H18N2O3/c1-9-7-11(10(2)19-9)14(18)15-8-13(17)12-5-4-6-16(12)3/h4-7,13,17H,8H2,1-3H3,(H,15,18)/t13-/m1/s1. The molecule has 1 amide bonds. The van der Waals surface area contributed by atoms with Crippen molar-refractivity contribution < 1.29 is 14.3 Å². The van der Waals surface area contributed by atoms with E-state index < -0.39 is 6.10 Å². The summed E-state index contributed by atoms with van der Waals surface area (Å²) in [5.74, 6) is 1.05. The Morgan fingerprint density at radius 1 is 1.53 bits per heavy atom. The molecule has 0 aliphatic carbocycles. The van der Waals surface area contributed by atoms with Gasteiger partial charge in [-0.2, -0.15) is 0 Å². The molecule has 102 valence electrons. The van der Waals surface area contributed by atoms with Gasteiger partial charge in [-0.25, -0.2) is 0 Å². The second-order valence-electron chi connectivity index (χ2n) is 4.60. The van der Waals surface area contributed by atoms with Crippen LogP contribution >= 0.6 is 0 Å². The van der Waals surface area contributed by atoms with E-state index in [-0.39, 0.29) is 12.5 Å². The van der Waals surface area contributed by atoms with Crippen LogP contribution in [0.15, 0.2) is 28.8 Å². The minimum Gasteiger partial charge on any atom is -0.466 e. The van der Waals surface area contributed by atoms with E-state index in [4.69, 9.17) is 4.42 Å². The Bertz CT molecular complexity index is 583. The van der Waals surface area contributed by atoms with Crippen LogP contribution < -0.4 is 5.32 Å². The molecule has 0 fully saturated rings. The van der Waals surface area contributed by atoms with Crippen LogP contribution in [0, 0.1) is 13.8 Å². The third-order valence-corrected chi connectivity index (χ3v) is 3.07. The summed E-state index contributed by atoms with van der Waals surface area (Å²) in [6.45, 7) is 3.71. The molecule has 0 saturated carbocycles. The van der Waals surface area contributed by atoms with Crippen LogP contribution in [0.25, 0.3) is 0 Å². The Balaban J connectivity index is 1.98. The summed E-state index contributed by atoms with van der Waals surface area (Å²) in [6, 6.07) is 5.37. The van der Waals surface area contributed by atoms with Gasteiger partial charge in [0.2, 0.25) is 0 Å². The molecule has 0 aliphatic rings. The van der Waals surface area contributed by atoms with Gasteiger partial charge in [0, 0.05) is 25.5 Å². The first-order valence-electron chi connectivity index (χ1n) is 6.13. The van der Waals surface area contributed by atoms with Crippen LogP contribution in [0.2, 0.25) is 0 Å². The molecule has 1 atom stereocenters. The maximum Gasteiger partial charge on any atom is 0.254 e. The molecule has 19 heavy (non-hydrogen) atoms. The fourth-order valence-corrected chi connectivity index (χ4v) is 2.07. The van der Waals surface area contributed by atoms with E-state index >= 15 is 0 Å². The van der Waals surface area contributed by atoms with Gasteiger partial charge in [-0.3, -0.25) is 4.79 Å². The summed E-state index contributed by atoms with van der Waals surface area (Å²) in [5.41, 5.74) is 1.27. The number of aryl methyl sites for hydroxylation is 3. The van der Waals surface area contributed by atoms with E-state index in [1.165, 1.54) is 0 Å². The number of carbonyl (C=O) groups is 1. The average Bonchev–Trinajstić information content (AvgIpc) is 2.91. The largest absolute Gasteiger partial charge is 0.466 e. The monoisotopic (exact) mass is 262 g/mol. The second-order valence-corrected chi connectivity index (χ2v) is 4.60. The average molecular weight is 262 g/mol. The lowest BCUT2D eigenvalue weighted by Gasteiger charge is -2.12. The number of aliphatic hydroxyl groups excluding tert-OH is 1. The molecular formula is C14H18N2O3. The van der Waals surface area contributed by atoms with Crippen LogP contribution in [-0.2, 0) is 7.05 Å². The van der Waals surface area contributed by atoms with Crippen molar-refractivity contribution in [1.82, 2.24) is 9.88 Å². The molecule has 2 aromatic rings. The molecule has 0 unspecified atom stereocenters. The Labute approximate surface area is 111 Å². The van der Waals surface area contributed by atoms with E-state index in [9.17, 15) is 9.90 Å². The SMILES string of the molecule is Cc1cc(C(=O)NC[C@@H](O)c2cccn2C)c(C)o1. The van der Waals surface area contributed by atoms with Crippen molar-refractivity contribution in [3.63, 3.8) is 0 Å². The maximum atomic E-state index is 11.9. The number of carbonyl (C=O) groups excluding carboxylic acids is 1. The Morgan fingerprint density at radius 2 is 2.26 bits per heavy atom. The number of hydrogen-bond acceptors (Lipinski definition) is 3. The number of aliphatic hydroxyl groups is 1. The summed E-state index contributed by atoms with van der Waals surface area (Å²) < 4.78 is 7.13. The van der Waals surface area contributed by atoms with Crippen LogP contribution in [0.4, 0.5) is 0 Å². The van der Waals surface area contributed by atoms with Gasteiger partial charge >= 0.3 is 0 Å². The number of furan rings is 1. The van der Waals surface area contributed by atoms with Gasteiger partial charge < -0.3 is 19.4 Å². The second kappa shape index (κ2) is 5.32. The smallest absolute Gasteiger partial charge is 0.254 e. The highest BCUT2D eigenvalue weighted by atomic mass is 16.3. The molecule has 0 spiro atoms. The van der Waals surface area contributed by atoms with E-state index in [1.54, 1.807) is 19.9 Å². The van der Waals surface area contributed by atoms with E-state index in [1.807, 2.05) is 29.9 Å². The number of nitrogens with zero attached hydrogens (tertiary/aromatic N) is 1. The van der Waals surface area contributed by atoms with Gasteiger partial charge in [-0.1, -0.05) is 0 Å². The van der Waals surface area contributed by atoms with Crippen molar-refractivity contribution in [2.75, 3.05) is 6.54 Å². The molecule has 0 aromatic carbocycles. The van der Waals surface area contributed by atoms with Gasteiger partial charge in [0.25, 0.3) is 5.91 Å². The predicted molar refractivity (Wildman–Crippen MR) is 70.9 cm³/mol. The van der Waals surface area contributed by atoms with Crippen molar-refractivity contribution >= 4 is 5.91 Å². The number of nitrogens with one attached hydrogen (secondary N) is 1. The van der Waals surface area contributed by atoms with E-state index in [0.717, 1.165) is 5.69 Å². The van der Waals surface area contributed by atoms with Crippen molar-refractivity contribution in [3.8, 4) is 0 Å². The number of amides is 1. The Kier molecular flexibility index (Phi) is 3.76. The fraction of sp³-hybridized carbons (Fsp3) is 0.357. The lowest BCUT2D eigenvalue weighted by Crippen LogP contribution is -2.29. The lowest BCUT2D eigenvalue weighted by molar-refractivity contribution is 0.0911. The summed E-state index contributed by atoms with van der Waals surface area (Å²) in [7, 11) is 1.85. The minimum absolute atomic E-state index is 0.167. The van der Waals surface area contributed by atoms with E-state index in [0.29, 0.717) is 17.1 Å². The highest BCUT2D eigenvalue weighted by molar-refractivity contribution is 5.95. The zero-order chi connectivity index (χ0) is 14.0. The molecule has 0 bridgehead atoms. The van der Waals surface area contributed by atoms with Gasteiger partial charge in [-0.05, 0) is 32.0 Å². The maximum absolute atomic E-state index is 11.9. The fourth-order valence-electron chi connectivity index (χ4n) is 2.07. The summed E-state index contributed by atoms with van der Waals surface area (Å²) in [6.07, 6.45) is 1.13. The van der Waals surface area contributed by atoms with Gasteiger partial charge in [0.05, 0.1) is 5.56 Å². The summed E-state index contributed by atoms with van der Waals surface area (Å²) >= 11 is 0. The quantitative estimate of drug-likeness (QED) is 0.881. The normalized spacial score (nSPS) is 12.4. The van der Waals surface area contributed by atoms with Crippen molar-refractivity contribution in [3.05, 3.63) is 47.2 Å². The van der Waals surface area contributed by atoms with Crippen LogP contribution in [0.3, 0.4) is 0 Å². The van der Waals surface area contributed by atoms with Crippen molar-refractivity contribution in [2.45, 2.75) is 20.0 Å². The first-order chi connectivity index (χ1) is 8.99. The van der Waals surface area contributed by atoms with Gasteiger partial charge in [-0.15, -0.1) is 0 Å². The molecule has 0 aliphatic heterocycles. The van der Waals surface area contributed by atoms with Crippen LogP contribution in [0.5, 0.6) is 0 Å². The lowest BCUT2D eigenvalue weighted by atomic mass is 10.2. The van der Waals surface area contributed by atoms with Crippen molar-refractivity contribution in [1.29, 1.82) is 0 Å².